The summed E-state index contributed by atoms with van der Waals surface area (Å²) in [6.45, 7) is 6.29. The Morgan fingerprint density at radius 1 is 1.07 bits per heavy atom. The lowest BCUT2D eigenvalue weighted by atomic mass is 10.1. The maximum Gasteiger partial charge on any atom is 0.203 e. The molecule has 0 saturated carbocycles. The minimum atomic E-state index is 0.564. The lowest BCUT2D eigenvalue weighted by Crippen LogP contribution is -2.17. The van der Waals surface area contributed by atoms with Crippen LogP contribution >= 0.6 is 0 Å². The van der Waals surface area contributed by atoms with Gasteiger partial charge in [0.2, 0.25) is 5.75 Å². The van der Waals surface area contributed by atoms with Gasteiger partial charge in [-0.15, -0.1) is 0 Å². The van der Waals surface area contributed by atoms with E-state index in [1.165, 1.54) is 22.0 Å². The molecule has 144 valence electrons. The van der Waals surface area contributed by atoms with Crippen LogP contribution in [0.2, 0.25) is 0 Å². The molecule has 2 N–H and O–H groups in total. The molecule has 0 aliphatic heterocycles. The van der Waals surface area contributed by atoms with Gasteiger partial charge in [0.15, 0.2) is 11.5 Å². The van der Waals surface area contributed by atoms with E-state index < -0.39 is 0 Å². The van der Waals surface area contributed by atoms with Crippen molar-refractivity contribution in [2.45, 2.75) is 26.8 Å². The van der Waals surface area contributed by atoms with Crippen LogP contribution in [0.1, 0.15) is 23.6 Å². The Labute approximate surface area is 160 Å². The number of aromatic nitrogens is 1. The molecular weight excluding hydrogens is 340 g/mol. The molecule has 0 radical (unpaired) electrons. The summed E-state index contributed by atoms with van der Waals surface area (Å²) in [5.74, 6) is 2.04. The van der Waals surface area contributed by atoms with Gasteiger partial charge < -0.3 is 24.5 Å². The molecule has 3 rings (SSSR count). The Morgan fingerprint density at radius 2 is 1.81 bits per heavy atom. The van der Waals surface area contributed by atoms with E-state index in [4.69, 9.17) is 14.2 Å². The maximum atomic E-state index is 5.66. The number of benzene rings is 2. The molecule has 1 aromatic heterocycles. The number of aryl methyl sites for hydroxylation is 1. The van der Waals surface area contributed by atoms with Crippen LogP contribution in [0, 0.1) is 6.92 Å². The first-order valence-electron chi connectivity index (χ1n) is 9.31. The first-order chi connectivity index (χ1) is 13.2. The molecule has 0 fully saturated rings. The molecule has 0 amide bonds. The van der Waals surface area contributed by atoms with Gasteiger partial charge in [0.1, 0.15) is 0 Å². The Balaban J connectivity index is 1.65. The number of rotatable bonds is 9. The molecule has 3 aromatic rings. The van der Waals surface area contributed by atoms with Gasteiger partial charge >= 0.3 is 0 Å². The molecule has 0 bridgehead atoms. The van der Waals surface area contributed by atoms with Gasteiger partial charge in [0.25, 0.3) is 0 Å². The van der Waals surface area contributed by atoms with Crippen LogP contribution in [0.4, 0.5) is 0 Å². The second-order valence-electron chi connectivity index (χ2n) is 6.50. The van der Waals surface area contributed by atoms with E-state index in [0.717, 1.165) is 25.1 Å². The second-order valence-corrected chi connectivity index (χ2v) is 6.50. The van der Waals surface area contributed by atoms with Crippen molar-refractivity contribution in [3.05, 3.63) is 53.2 Å². The third kappa shape index (κ3) is 4.19. The molecule has 5 nitrogen and oxygen atoms in total. The molecule has 0 unspecified atom stereocenters. The number of aromatic amines is 1. The van der Waals surface area contributed by atoms with Crippen molar-refractivity contribution < 1.29 is 14.2 Å². The predicted octanol–water partition coefficient (Wildman–Crippen LogP) is 4.22. The Bertz CT molecular complexity index is 877. The lowest BCUT2D eigenvalue weighted by Gasteiger charge is -2.15. The van der Waals surface area contributed by atoms with Crippen LogP contribution in [-0.2, 0) is 13.0 Å². The van der Waals surface area contributed by atoms with E-state index in [0.29, 0.717) is 23.9 Å². The van der Waals surface area contributed by atoms with Gasteiger partial charge in [-0.2, -0.15) is 0 Å². The summed E-state index contributed by atoms with van der Waals surface area (Å²) < 4.78 is 16.6. The number of hydrogen-bond donors (Lipinski definition) is 2. The van der Waals surface area contributed by atoms with Crippen molar-refractivity contribution in [1.29, 1.82) is 0 Å². The van der Waals surface area contributed by atoms with Gasteiger partial charge in [-0.1, -0.05) is 12.1 Å². The molecule has 5 heteroatoms. The van der Waals surface area contributed by atoms with Crippen molar-refractivity contribution in [2.75, 3.05) is 27.4 Å². The highest BCUT2D eigenvalue weighted by atomic mass is 16.5. The largest absolute Gasteiger partial charge is 0.493 e. The molecule has 1 heterocycles. The van der Waals surface area contributed by atoms with Crippen LogP contribution in [0.25, 0.3) is 10.9 Å². The van der Waals surface area contributed by atoms with Crippen LogP contribution in [-0.4, -0.2) is 32.4 Å². The number of nitrogens with one attached hydrogen (secondary N) is 2. The second kappa shape index (κ2) is 8.82. The molecule has 0 aliphatic carbocycles. The smallest absolute Gasteiger partial charge is 0.203 e. The molecule has 0 atom stereocenters. The number of H-pyrrole nitrogens is 1. The average molecular weight is 368 g/mol. The monoisotopic (exact) mass is 368 g/mol. The van der Waals surface area contributed by atoms with Crippen LogP contribution in [0.15, 0.2) is 36.5 Å². The highest BCUT2D eigenvalue weighted by Gasteiger charge is 2.13. The third-order valence-corrected chi connectivity index (χ3v) is 4.71. The first-order valence-corrected chi connectivity index (χ1v) is 9.31. The van der Waals surface area contributed by atoms with Crippen molar-refractivity contribution in [2.24, 2.45) is 0 Å². The van der Waals surface area contributed by atoms with Crippen LogP contribution < -0.4 is 19.5 Å². The van der Waals surface area contributed by atoms with Crippen molar-refractivity contribution in [3.8, 4) is 17.2 Å². The summed E-state index contributed by atoms with van der Waals surface area (Å²) in [6.07, 6.45) is 3.08. The summed E-state index contributed by atoms with van der Waals surface area (Å²) in [4.78, 5) is 3.36. The van der Waals surface area contributed by atoms with Gasteiger partial charge in [0.05, 0.1) is 20.8 Å². The molecule has 0 aliphatic rings. The number of ether oxygens (including phenoxy) is 3. The number of fused-ring (bicyclic) bond motifs is 1. The SMILES string of the molecule is CCOc1c(OC)cc(CNCCc2c[nH]c3cccc(C)c23)cc1OC. The van der Waals surface area contributed by atoms with E-state index in [-0.39, 0.29) is 0 Å². The maximum absolute atomic E-state index is 5.66. The van der Waals surface area contributed by atoms with E-state index in [9.17, 15) is 0 Å². The predicted molar refractivity (Wildman–Crippen MR) is 109 cm³/mol. The first kappa shape index (κ1) is 19.1. The van der Waals surface area contributed by atoms with Crippen molar-refractivity contribution in [1.82, 2.24) is 10.3 Å². The Hall–Kier alpha value is -2.66. The lowest BCUT2D eigenvalue weighted by molar-refractivity contribution is 0.288. The zero-order valence-electron chi connectivity index (χ0n) is 16.5. The van der Waals surface area contributed by atoms with Gasteiger partial charge in [-0.25, -0.2) is 0 Å². The fourth-order valence-electron chi connectivity index (χ4n) is 3.43. The van der Waals surface area contributed by atoms with Gasteiger partial charge in [-0.3, -0.25) is 0 Å². The fraction of sp³-hybridized carbons (Fsp3) is 0.364. The van der Waals surface area contributed by atoms with E-state index in [1.807, 2.05) is 19.1 Å². The topological polar surface area (TPSA) is 55.5 Å². The highest BCUT2D eigenvalue weighted by Crippen LogP contribution is 2.38. The van der Waals surface area contributed by atoms with Crippen molar-refractivity contribution in [3.63, 3.8) is 0 Å². The zero-order chi connectivity index (χ0) is 19.2. The van der Waals surface area contributed by atoms with Gasteiger partial charge in [0, 0.05) is 23.6 Å². The Kier molecular flexibility index (Phi) is 6.24. The van der Waals surface area contributed by atoms with Crippen LogP contribution in [0.5, 0.6) is 17.2 Å². The Morgan fingerprint density at radius 3 is 2.48 bits per heavy atom. The minimum Gasteiger partial charge on any atom is -0.493 e. The van der Waals surface area contributed by atoms with E-state index >= 15 is 0 Å². The standard InChI is InChI=1S/C22H28N2O3/c1-5-27-22-19(25-3)11-16(12-20(22)26-4)13-23-10-9-17-14-24-18-8-6-7-15(2)21(17)18/h6-8,11-12,14,23-24H,5,9-10,13H2,1-4H3. The molecule has 27 heavy (non-hydrogen) atoms. The summed E-state index contributed by atoms with van der Waals surface area (Å²) in [5, 5.41) is 4.85. The molecular formula is C22H28N2O3. The van der Waals surface area contributed by atoms with Gasteiger partial charge in [-0.05, 0) is 61.7 Å². The third-order valence-electron chi connectivity index (χ3n) is 4.71. The summed E-state index contributed by atoms with van der Waals surface area (Å²) in [7, 11) is 3.29. The molecule has 0 spiro atoms. The van der Waals surface area contributed by atoms with E-state index in [2.05, 4.69) is 41.6 Å². The number of hydrogen-bond acceptors (Lipinski definition) is 4. The quantitative estimate of drug-likeness (QED) is 0.555. The summed E-state index contributed by atoms with van der Waals surface area (Å²) in [5.41, 5.74) is 4.95. The average Bonchev–Trinajstić information content (AvgIpc) is 3.10. The van der Waals surface area contributed by atoms with Crippen molar-refractivity contribution >= 4 is 10.9 Å². The molecule has 2 aromatic carbocycles. The molecule has 0 saturated heterocycles. The fourth-order valence-corrected chi connectivity index (χ4v) is 3.43. The number of methoxy groups -OCH3 is 2. The summed E-state index contributed by atoms with van der Waals surface area (Å²) >= 11 is 0. The minimum absolute atomic E-state index is 0.564. The van der Waals surface area contributed by atoms with E-state index in [1.54, 1.807) is 14.2 Å². The normalized spacial score (nSPS) is 11.0. The highest BCUT2D eigenvalue weighted by molar-refractivity contribution is 5.86. The van der Waals surface area contributed by atoms with Crippen LogP contribution in [0.3, 0.4) is 0 Å². The zero-order valence-corrected chi connectivity index (χ0v) is 16.5. The summed E-state index contributed by atoms with van der Waals surface area (Å²) in [6, 6.07) is 10.4.